The van der Waals surface area contributed by atoms with E-state index in [4.69, 9.17) is 5.73 Å². The minimum atomic E-state index is -0.632. The van der Waals surface area contributed by atoms with Crippen molar-refractivity contribution in [1.29, 1.82) is 0 Å². The van der Waals surface area contributed by atoms with E-state index in [0.717, 1.165) is 13.1 Å². The van der Waals surface area contributed by atoms with Crippen LogP contribution in [0, 0.1) is 0 Å². The molecule has 13 heavy (non-hydrogen) atoms. The molecule has 5 nitrogen and oxygen atoms in total. The monoisotopic (exact) mass is 187 g/mol. The number of nitrogens with zero attached hydrogens (tertiary/aromatic N) is 2. The van der Waals surface area contributed by atoms with Gasteiger partial charge in [-0.3, -0.25) is 0 Å². The van der Waals surface area contributed by atoms with Crippen LogP contribution >= 0.6 is 0 Å². The molecule has 0 atom stereocenters. The third kappa shape index (κ3) is 4.35. The number of rotatable bonds is 3. The van der Waals surface area contributed by atoms with E-state index in [2.05, 4.69) is 9.73 Å². The molecule has 0 fully saturated rings. The van der Waals surface area contributed by atoms with Crippen LogP contribution in [0.25, 0.3) is 0 Å². The SMILES string of the molecule is CCOC(=O)N=C(N)N(CC)CC. The van der Waals surface area contributed by atoms with Gasteiger partial charge in [0.2, 0.25) is 5.96 Å². The fourth-order valence-corrected chi connectivity index (χ4v) is 0.868. The van der Waals surface area contributed by atoms with Crippen LogP contribution in [-0.2, 0) is 4.74 Å². The van der Waals surface area contributed by atoms with Crippen molar-refractivity contribution < 1.29 is 9.53 Å². The molecule has 0 spiro atoms. The number of carbonyl (C=O) groups excluding carboxylic acids is 1. The van der Waals surface area contributed by atoms with Crippen LogP contribution in [0.1, 0.15) is 20.8 Å². The van der Waals surface area contributed by atoms with Gasteiger partial charge in [0.15, 0.2) is 0 Å². The Kier molecular flexibility index (Phi) is 5.67. The van der Waals surface area contributed by atoms with Gasteiger partial charge in [0.05, 0.1) is 6.61 Å². The third-order valence-corrected chi connectivity index (χ3v) is 1.56. The Labute approximate surface area is 78.6 Å². The van der Waals surface area contributed by atoms with Gasteiger partial charge in [-0.1, -0.05) is 0 Å². The molecule has 0 bridgehead atoms. The molecule has 0 aliphatic rings. The minimum Gasteiger partial charge on any atom is -0.448 e. The summed E-state index contributed by atoms with van der Waals surface area (Å²) in [6.45, 7) is 7.37. The molecule has 0 aliphatic carbocycles. The van der Waals surface area contributed by atoms with Crippen molar-refractivity contribution in [2.24, 2.45) is 10.7 Å². The van der Waals surface area contributed by atoms with E-state index in [1.165, 1.54) is 0 Å². The number of hydrogen-bond acceptors (Lipinski definition) is 2. The number of amides is 1. The zero-order valence-corrected chi connectivity index (χ0v) is 8.41. The van der Waals surface area contributed by atoms with Gasteiger partial charge in [0, 0.05) is 13.1 Å². The fourth-order valence-electron chi connectivity index (χ4n) is 0.868. The number of carbonyl (C=O) groups is 1. The van der Waals surface area contributed by atoms with Crippen LogP contribution in [0.15, 0.2) is 4.99 Å². The first-order valence-corrected chi connectivity index (χ1v) is 4.41. The number of aliphatic imine (C=N–C) groups is 1. The van der Waals surface area contributed by atoms with E-state index in [0.29, 0.717) is 6.61 Å². The highest BCUT2D eigenvalue weighted by Crippen LogP contribution is 1.89. The second-order valence-electron chi connectivity index (χ2n) is 2.34. The lowest BCUT2D eigenvalue weighted by Crippen LogP contribution is -2.37. The normalized spacial score (nSPS) is 11.2. The summed E-state index contributed by atoms with van der Waals surface area (Å²) >= 11 is 0. The Bertz CT molecular complexity index is 188. The molecule has 0 aromatic rings. The van der Waals surface area contributed by atoms with Crippen LogP contribution in [-0.4, -0.2) is 36.6 Å². The Morgan fingerprint density at radius 3 is 2.31 bits per heavy atom. The second-order valence-corrected chi connectivity index (χ2v) is 2.34. The summed E-state index contributed by atoms with van der Waals surface area (Å²) in [6, 6.07) is 0. The molecule has 2 N–H and O–H groups in total. The van der Waals surface area contributed by atoms with Crippen molar-refractivity contribution in [3.63, 3.8) is 0 Å². The van der Waals surface area contributed by atoms with Gasteiger partial charge in [-0.2, -0.15) is 0 Å². The molecular formula is C8H17N3O2. The Morgan fingerprint density at radius 1 is 1.38 bits per heavy atom. The van der Waals surface area contributed by atoms with E-state index in [1.807, 2.05) is 13.8 Å². The van der Waals surface area contributed by atoms with Gasteiger partial charge in [0.1, 0.15) is 0 Å². The van der Waals surface area contributed by atoms with Crippen LogP contribution in [0.2, 0.25) is 0 Å². The summed E-state index contributed by atoms with van der Waals surface area (Å²) in [7, 11) is 0. The topological polar surface area (TPSA) is 67.9 Å². The van der Waals surface area contributed by atoms with E-state index in [1.54, 1.807) is 11.8 Å². The number of nitrogens with two attached hydrogens (primary N) is 1. The molecule has 76 valence electrons. The second kappa shape index (κ2) is 6.28. The van der Waals surface area contributed by atoms with Gasteiger partial charge >= 0.3 is 6.09 Å². The Morgan fingerprint density at radius 2 is 1.92 bits per heavy atom. The van der Waals surface area contributed by atoms with Gasteiger partial charge in [-0.05, 0) is 20.8 Å². The predicted octanol–water partition coefficient (Wildman–Crippen LogP) is 0.799. The lowest BCUT2D eigenvalue weighted by molar-refractivity contribution is 0.163. The van der Waals surface area contributed by atoms with Crippen molar-refractivity contribution in [3.8, 4) is 0 Å². The van der Waals surface area contributed by atoms with E-state index in [-0.39, 0.29) is 5.96 Å². The molecule has 0 aliphatic heterocycles. The molecular weight excluding hydrogens is 170 g/mol. The van der Waals surface area contributed by atoms with Crippen molar-refractivity contribution in [1.82, 2.24) is 4.90 Å². The zero-order valence-electron chi connectivity index (χ0n) is 8.41. The number of ether oxygens (including phenoxy) is 1. The third-order valence-electron chi connectivity index (χ3n) is 1.56. The summed E-state index contributed by atoms with van der Waals surface area (Å²) in [5.41, 5.74) is 5.55. The highest BCUT2D eigenvalue weighted by atomic mass is 16.5. The molecule has 0 rings (SSSR count). The van der Waals surface area contributed by atoms with E-state index < -0.39 is 6.09 Å². The average Bonchev–Trinajstić information content (AvgIpc) is 2.06. The summed E-state index contributed by atoms with van der Waals surface area (Å²) < 4.78 is 4.62. The number of guanidine groups is 1. The maximum atomic E-state index is 10.9. The van der Waals surface area contributed by atoms with Crippen molar-refractivity contribution in [2.75, 3.05) is 19.7 Å². The average molecular weight is 187 g/mol. The lowest BCUT2D eigenvalue weighted by atomic mass is 10.5. The van der Waals surface area contributed by atoms with Crippen LogP contribution in [0.5, 0.6) is 0 Å². The molecule has 0 aromatic heterocycles. The fraction of sp³-hybridized carbons (Fsp3) is 0.750. The lowest BCUT2D eigenvalue weighted by Gasteiger charge is -2.18. The molecule has 0 heterocycles. The molecule has 0 radical (unpaired) electrons. The summed E-state index contributed by atoms with van der Waals surface area (Å²) in [6.07, 6.45) is -0.632. The highest BCUT2D eigenvalue weighted by molar-refractivity contribution is 5.89. The van der Waals surface area contributed by atoms with Crippen molar-refractivity contribution in [3.05, 3.63) is 0 Å². The molecule has 5 heteroatoms. The smallest absolute Gasteiger partial charge is 0.436 e. The summed E-state index contributed by atoms with van der Waals surface area (Å²) in [4.78, 5) is 16.2. The molecule has 0 aromatic carbocycles. The number of hydrogen-bond donors (Lipinski definition) is 1. The summed E-state index contributed by atoms with van der Waals surface area (Å²) in [5, 5.41) is 0. The minimum absolute atomic E-state index is 0.212. The quantitative estimate of drug-likeness (QED) is 0.524. The van der Waals surface area contributed by atoms with Crippen molar-refractivity contribution >= 4 is 12.1 Å². The first-order valence-electron chi connectivity index (χ1n) is 4.41. The van der Waals surface area contributed by atoms with Crippen LogP contribution in [0.3, 0.4) is 0 Å². The van der Waals surface area contributed by atoms with E-state index >= 15 is 0 Å². The van der Waals surface area contributed by atoms with E-state index in [9.17, 15) is 4.79 Å². The maximum Gasteiger partial charge on any atom is 0.436 e. The first kappa shape index (κ1) is 11.7. The molecule has 0 saturated carbocycles. The largest absolute Gasteiger partial charge is 0.448 e. The van der Waals surface area contributed by atoms with Crippen molar-refractivity contribution in [2.45, 2.75) is 20.8 Å². The molecule has 1 amide bonds. The van der Waals surface area contributed by atoms with Crippen LogP contribution < -0.4 is 5.73 Å². The van der Waals surface area contributed by atoms with Crippen LogP contribution in [0.4, 0.5) is 4.79 Å². The Hall–Kier alpha value is -1.26. The molecule has 0 unspecified atom stereocenters. The highest BCUT2D eigenvalue weighted by Gasteiger charge is 2.05. The first-order chi connectivity index (χ1) is 6.15. The molecule has 0 saturated heterocycles. The summed E-state index contributed by atoms with van der Waals surface area (Å²) in [5.74, 6) is 0.212. The maximum absolute atomic E-state index is 10.9. The standard InChI is InChI=1S/C8H17N3O2/c1-4-11(5-2)7(9)10-8(12)13-6-3/h4-6H2,1-3H3,(H2,9,10,12). The van der Waals surface area contributed by atoms with Gasteiger partial charge in [-0.15, -0.1) is 4.99 Å². The predicted molar refractivity (Wildman–Crippen MR) is 51.6 cm³/mol. The van der Waals surface area contributed by atoms with Gasteiger partial charge in [0.25, 0.3) is 0 Å². The van der Waals surface area contributed by atoms with Gasteiger partial charge < -0.3 is 15.4 Å². The Balaban J connectivity index is 4.20. The van der Waals surface area contributed by atoms with Gasteiger partial charge in [-0.25, -0.2) is 4.79 Å². The zero-order chi connectivity index (χ0) is 10.3.